The van der Waals surface area contributed by atoms with Gasteiger partial charge < -0.3 is 0 Å². The minimum atomic E-state index is 0.896. The predicted molar refractivity (Wildman–Crippen MR) is 43.3 cm³/mol. The Morgan fingerprint density at radius 3 is 2.44 bits per heavy atom. The molecule has 0 aliphatic rings. The standard InChI is InChI=1S/C9H12/c1-4-6-7-8-9(3)5-2/h4-5,7-8H,1-3,6H2. The molecular formula is C9H12. The molecule has 0 aromatic rings. The van der Waals surface area contributed by atoms with E-state index in [1.165, 1.54) is 0 Å². The zero-order chi connectivity index (χ0) is 7.11. The van der Waals surface area contributed by atoms with E-state index in [-0.39, 0.29) is 0 Å². The van der Waals surface area contributed by atoms with E-state index in [0.29, 0.717) is 0 Å². The lowest BCUT2D eigenvalue weighted by Crippen LogP contribution is -1.62. The normalized spacial score (nSPS) is 9.33. The molecule has 0 aliphatic heterocycles. The van der Waals surface area contributed by atoms with Gasteiger partial charge in [0.05, 0.1) is 0 Å². The molecule has 0 aromatic heterocycles. The first-order valence-corrected chi connectivity index (χ1v) is 2.90. The molecular weight excluding hydrogens is 108 g/mol. The Balaban J connectivity index is 3.56. The van der Waals surface area contributed by atoms with Crippen molar-refractivity contribution in [2.45, 2.75) is 6.42 Å². The van der Waals surface area contributed by atoms with Crippen LogP contribution in [0.25, 0.3) is 0 Å². The minimum absolute atomic E-state index is 0.896. The van der Waals surface area contributed by atoms with Crippen LogP contribution in [0.5, 0.6) is 0 Å². The summed E-state index contributed by atoms with van der Waals surface area (Å²) < 4.78 is 0. The van der Waals surface area contributed by atoms with Crippen molar-refractivity contribution in [2.75, 3.05) is 0 Å². The highest BCUT2D eigenvalue weighted by Crippen LogP contribution is 1.94. The monoisotopic (exact) mass is 120 g/mol. The zero-order valence-electron chi connectivity index (χ0n) is 5.64. The summed E-state index contributed by atoms with van der Waals surface area (Å²) in [4.78, 5) is 0. The molecule has 48 valence electrons. The van der Waals surface area contributed by atoms with Crippen LogP contribution < -0.4 is 0 Å². The van der Waals surface area contributed by atoms with Crippen molar-refractivity contribution in [1.29, 1.82) is 0 Å². The molecule has 0 unspecified atom stereocenters. The molecule has 0 aromatic carbocycles. The fourth-order valence-electron chi connectivity index (χ4n) is 0.384. The predicted octanol–water partition coefficient (Wildman–Crippen LogP) is 2.86. The quantitative estimate of drug-likeness (QED) is 0.395. The summed E-state index contributed by atoms with van der Waals surface area (Å²) in [5, 5.41) is 0. The van der Waals surface area contributed by atoms with Crippen molar-refractivity contribution < 1.29 is 0 Å². The SMILES string of the molecule is C=CCC=CC(=C)C=C. The Morgan fingerprint density at radius 2 is 2.00 bits per heavy atom. The molecule has 0 bridgehead atoms. The average Bonchev–Trinajstić information content (AvgIpc) is 1.89. The lowest BCUT2D eigenvalue weighted by atomic mass is 10.2. The van der Waals surface area contributed by atoms with E-state index in [1.807, 2.05) is 18.2 Å². The smallest absolute Gasteiger partial charge is 0.0169 e. The largest absolute Gasteiger partial charge is 0.103 e. The van der Waals surface area contributed by atoms with Gasteiger partial charge in [0, 0.05) is 0 Å². The van der Waals surface area contributed by atoms with E-state index in [1.54, 1.807) is 6.08 Å². The number of hydrogen-bond donors (Lipinski definition) is 0. The van der Waals surface area contributed by atoms with E-state index >= 15 is 0 Å². The first-order valence-electron chi connectivity index (χ1n) is 2.90. The molecule has 0 heteroatoms. The van der Waals surface area contributed by atoms with Gasteiger partial charge in [0.1, 0.15) is 0 Å². The summed E-state index contributed by atoms with van der Waals surface area (Å²) >= 11 is 0. The molecule has 0 N–H and O–H groups in total. The third kappa shape index (κ3) is 4.82. The molecule has 0 saturated heterocycles. The van der Waals surface area contributed by atoms with Crippen LogP contribution in [0.15, 0.2) is 49.6 Å². The van der Waals surface area contributed by atoms with Gasteiger partial charge in [0.15, 0.2) is 0 Å². The summed E-state index contributed by atoms with van der Waals surface area (Å²) in [6.45, 7) is 10.8. The van der Waals surface area contributed by atoms with E-state index in [0.717, 1.165) is 12.0 Å². The van der Waals surface area contributed by atoms with Crippen molar-refractivity contribution in [1.82, 2.24) is 0 Å². The molecule has 0 fully saturated rings. The maximum absolute atomic E-state index is 3.71. The van der Waals surface area contributed by atoms with Crippen LogP contribution in [0, 0.1) is 0 Å². The van der Waals surface area contributed by atoms with Gasteiger partial charge in [-0.05, 0) is 12.0 Å². The average molecular weight is 120 g/mol. The van der Waals surface area contributed by atoms with Crippen LogP contribution in [-0.2, 0) is 0 Å². The fourth-order valence-corrected chi connectivity index (χ4v) is 0.384. The Morgan fingerprint density at radius 1 is 1.33 bits per heavy atom. The van der Waals surface area contributed by atoms with Gasteiger partial charge >= 0.3 is 0 Å². The summed E-state index contributed by atoms with van der Waals surface area (Å²) in [5.41, 5.74) is 0.942. The van der Waals surface area contributed by atoms with Crippen LogP contribution in [0.4, 0.5) is 0 Å². The molecule has 0 nitrogen and oxygen atoms in total. The maximum atomic E-state index is 3.71. The molecule has 0 spiro atoms. The zero-order valence-corrected chi connectivity index (χ0v) is 5.64. The van der Waals surface area contributed by atoms with Crippen molar-refractivity contribution in [3.63, 3.8) is 0 Å². The Kier molecular flexibility index (Phi) is 4.51. The van der Waals surface area contributed by atoms with Gasteiger partial charge in [-0.1, -0.05) is 37.5 Å². The van der Waals surface area contributed by atoms with Crippen molar-refractivity contribution in [3.05, 3.63) is 49.6 Å². The highest BCUT2D eigenvalue weighted by atomic mass is 13.8. The molecule has 0 saturated carbocycles. The lowest BCUT2D eigenvalue weighted by molar-refractivity contribution is 1.40. The molecule has 0 atom stereocenters. The number of allylic oxidation sites excluding steroid dienone is 5. The van der Waals surface area contributed by atoms with E-state index in [2.05, 4.69) is 19.7 Å². The van der Waals surface area contributed by atoms with Gasteiger partial charge in [0.2, 0.25) is 0 Å². The van der Waals surface area contributed by atoms with Crippen molar-refractivity contribution in [2.24, 2.45) is 0 Å². The third-order valence-corrected chi connectivity index (χ3v) is 0.897. The van der Waals surface area contributed by atoms with Gasteiger partial charge in [-0.2, -0.15) is 0 Å². The van der Waals surface area contributed by atoms with E-state index < -0.39 is 0 Å². The van der Waals surface area contributed by atoms with Crippen LogP contribution in [-0.4, -0.2) is 0 Å². The Labute approximate surface area is 56.9 Å². The highest BCUT2D eigenvalue weighted by Gasteiger charge is 1.73. The molecule has 0 radical (unpaired) electrons. The summed E-state index contributed by atoms with van der Waals surface area (Å²) in [7, 11) is 0. The van der Waals surface area contributed by atoms with Crippen molar-refractivity contribution in [3.8, 4) is 0 Å². The Hall–Kier alpha value is -1.04. The first kappa shape index (κ1) is 7.96. The van der Waals surface area contributed by atoms with Crippen LogP contribution >= 0.6 is 0 Å². The highest BCUT2D eigenvalue weighted by molar-refractivity contribution is 5.25. The van der Waals surface area contributed by atoms with Gasteiger partial charge in [-0.25, -0.2) is 0 Å². The van der Waals surface area contributed by atoms with Gasteiger partial charge in [0.25, 0.3) is 0 Å². The molecule has 0 amide bonds. The molecule has 0 rings (SSSR count). The van der Waals surface area contributed by atoms with E-state index in [9.17, 15) is 0 Å². The third-order valence-electron chi connectivity index (χ3n) is 0.897. The second kappa shape index (κ2) is 5.10. The van der Waals surface area contributed by atoms with Crippen LogP contribution in [0.2, 0.25) is 0 Å². The summed E-state index contributed by atoms with van der Waals surface area (Å²) in [6, 6.07) is 0. The minimum Gasteiger partial charge on any atom is -0.103 e. The molecule has 0 aliphatic carbocycles. The second-order valence-corrected chi connectivity index (χ2v) is 1.71. The summed E-state index contributed by atoms with van der Waals surface area (Å²) in [6.07, 6.45) is 8.38. The Bertz CT molecular complexity index is 138. The van der Waals surface area contributed by atoms with Crippen LogP contribution in [0.1, 0.15) is 6.42 Å². The maximum Gasteiger partial charge on any atom is -0.0169 e. The summed E-state index contributed by atoms with van der Waals surface area (Å²) in [5.74, 6) is 0. The molecule has 0 heterocycles. The second-order valence-electron chi connectivity index (χ2n) is 1.71. The number of hydrogen-bond acceptors (Lipinski definition) is 0. The lowest BCUT2D eigenvalue weighted by Gasteiger charge is -1.83. The molecule has 9 heavy (non-hydrogen) atoms. The van der Waals surface area contributed by atoms with Gasteiger partial charge in [-0.3, -0.25) is 0 Å². The van der Waals surface area contributed by atoms with E-state index in [4.69, 9.17) is 0 Å². The topological polar surface area (TPSA) is 0 Å². The fraction of sp³-hybridized carbons (Fsp3) is 0.111. The first-order chi connectivity index (χ1) is 4.31. The van der Waals surface area contributed by atoms with Crippen LogP contribution in [0.3, 0.4) is 0 Å². The van der Waals surface area contributed by atoms with Crippen molar-refractivity contribution >= 4 is 0 Å². The number of rotatable bonds is 4. The van der Waals surface area contributed by atoms with Gasteiger partial charge in [-0.15, -0.1) is 6.58 Å².